The summed E-state index contributed by atoms with van der Waals surface area (Å²) >= 11 is 6.25. The lowest BCUT2D eigenvalue weighted by Gasteiger charge is -2.28. The summed E-state index contributed by atoms with van der Waals surface area (Å²) in [4.78, 5) is 15.0. The summed E-state index contributed by atoms with van der Waals surface area (Å²) in [6.45, 7) is 5.32. The minimum absolute atomic E-state index is 0.00957. The maximum atomic E-state index is 13.2. The van der Waals surface area contributed by atoms with Gasteiger partial charge in [0.1, 0.15) is 4.90 Å². The van der Waals surface area contributed by atoms with E-state index in [-0.39, 0.29) is 21.9 Å². The van der Waals surface area contributed by atoms with Crippen LogP contribution < -0.4 is 0 Å². The molecule has 0 unspecified atom stereocenters. The highest BCUT2D eigenvalue weighted by Gasteiger charge is 2.29. The van der Waals surface area contributed by atoms with Crippen LogP contribution in [-0.4, -0.2) is 42.7 Å². The van der Waals surface area contributed by atoms with Crippen LogP contribution in [0.1, 0.15) is 49.0 Å². The molecule has 1 aliphatic heterocycles. The summed E-state index contributed by atoms with van der Waals surface area (Å²) < 4.78 is 27.7. The molecule has 0 spiro atoms. The Morgan fingerprint density at radius 1 is 1.07 bits per heavy atom. The van der Waals surface area contributed by atoms with Crippen molar-refractivity contribution in [3.63, 3.8) is 0 Å². The largest absolute Gasteiger partial charge is 0.332 e. The second-order valence-electron chi connectivity index (χ2n) is 7.62. The molecule has 0 bridgehead atoms. The smallest absolute Gasteiger partial charge is 0.254 e. The molecule has 1 heterocycles. The zero-order valence-electron chi connectivity index (χ0n) is 16.8. The van der Waals surface area contributed by atoms with Crippen molar-refractivity contribution in [2.75, 3.05) is 13.1 Å². The Morgan fingerprint density at radius 3 is 2.34 bits per heavy atom. The number of carbonyl (C=O) groups is 1. The third-order valence-electron chi connectivity index (χ3n) is 5.19. The van der Waals surface area contributed by atoms with Gasteiger partial charge in [0.15, 0.2) is 0 Å². The Balaban J connectivity index is 1.91. The molecule has 29 heavy (non-hydrogen) atoms. The number of sulfonamides is 1. The van der Waals surface area contributed by atoms with Crippen LogP contribution in [0.5, 0.6) is 0 Å². The normalized spacial score (nSPS) is 15.4. The predicted octanol–water partition coefficient (Wildman–Crippen LogP) is 4.57. The quantitative estimate of drug-likeness (QED) is 0.669. The fourth-order valence-corrected chi connectivity index (χ4v) is 5.53. The highest BCUT2D eigenvalue weighted by molar-refractivity contribution is 7.89. The zero-order chi connectivity index (χ0) is 21.0. The minimum Gasteiger partial charge on any atom is -0.332 e. The van der Waals surface area contributed by atoms with Crippen LogP contribution in [0.3, 0.4) is 0 Å². The van der Waals surface area contributed by atoms with Gasteiger partial charge in [-0.15, -0.1) is 0 Å². The van der Waals surface area contributed by atoms with Gasteiger partial charge in [-0.2, -0.15) is 4.31 Å². The van der Waals surface area contributed by atoms with Gasteiger partial charge in [0.25, 0.3) is 5.91 Å². The number of piperidine rings is 1. The van der Waals surface area contributed by atoms with E-state index in [0.29, 0.717) is 25.2 Å². The molecule has 2 aromatic carbocycles. The van der Waals surface area contributed by atoms with Crippen LogP contribution in [0.15, 0.2) is 53.4 Å². The van der Waals surface area contributed by atoms with Gasteiger partial charge in [-0.1, -0.05) is 48.4 Å². The summed E-state index contributed by atoms with van der Waals surface area (Å²) in [6, 6.07) is 14.2. The van der Waals surface area contributed by atoms with Gasteiger partial charge in [0, 0.05) is 31.2 Å². The van der Waals surface area contributed by atoms with E-state index in [1.54, 1.807) is 11.0 Å². The second-order valence-corrected chi connectivity index (χ2v) is 9.94. The standard InChI is InChI=1S/C22H27ClN2O3S/c1-17(2)25(16-18-9-5-3-6-10-18)22(26)19-11-12-20(23)21(15-19)29(27,28)24-13-7-4-8-14-24/h3,5-6,9-12,15,17H,4,7-8,13-14,16H2,1-2H3. The molecule has 7 heteroatoms. The Kier molecular flexibility index (Phi) is 6.98. The fraction of sp³-hybridized carbons (Fsp3) is 0.409. The minimum atomic E-state index is -3.72. The molecular weight excluding hydrogens is 408 g/mol. The molecule has 1 amide bonds. The maximum absolute atomic E-state index is 13.2. The van der Waals surface area contributed by atoms with Gasteiger partial charge in [0.2, 0.25) is 10.0 Å². The molecular formula is C22H27ClN2O3S. The predicted molar refractivity (Wildman–Crippen MR) is 116 cm³/mol. The number of hydrogen-bond acceptors (Lipinski definition) is 3. The Hall–Kier alpha value is -1.89. The molecule has 1 aliphatic rings. The van der Waals surface area contributed by atoms with E-state index >= 15 is 0 Å². The van der Waals surface area contributed by atoms with Crippen LogP contribution in [0.2, 0.25) is 5.02 Å². The summed E-state index contributed by atoms with van der Waals surface area (Å²) in [5.41, 5.74) is 1.35. The first kappa shape index (κ1) is 21.8. The lowest BCUT2D eigenvalue weighted by Crippen LogP contribution is -2.37. The number of rotatable bonds is 6. The Labute approximate surface area is 178 Å². The van der Waals surface area contributed by atoms with E-state index in [9.17, 15) is 13.2 Å². The Bertz CT molecular complexity index is 955. The maximum Gasteiger partial charge on any atom is 0.254 e. The average molecular weight is 435 g/mol. The first-order chi connectivity index (χ1) is 13.8. The van der Waals surface area contributed by atoms with Gasteiger partial charge >= 0.3 is 0 Å². The summed E-state index contributed by atoms with van der Waals surface area (Å²) in [6.07, 6.45) is 2.71. The average Bonchev–Trinajstić information content (AvgIpc) is 2.73. The molecule has 2 aromatic rings. The summed E-state index contributed by atoms with van der Waals surface area (Å²) in [5, 5.41) is 0.145. The number of amides is 1. The summed E-state index contributed by atoms with van der Waals surface area (Å²) in [7, 11) is -3.72. The van der Waals surface area contributed by atoms with Crippen molar-refractivity contribution < 1.29 is 13.2 Å². The molecule has 5 nitrogen and oxygen atoms in total. The topological polar surface area (TPSA) is 57.7 Å². The molecule has 0 N–H and O–H groups in total. The van der Waals surface area contributed by atoms with E-state index in [0.717, 1.165) is 24.8 Å². The first-order valence-corrected chi connectivity index (χ1v) is 11.8. The molecule has 0 atom stereocenters. The second kappa shape index (κ2) is 9.28. The lowest BCUT2D eigenvalue weighted by atomic mass is 10.1. The van der Waals surface area contributed by atoms with E-state index in [2.05, 4.69) is 0 Å². The van der Waals surface area contributed by atoms with Crippen LogP contribution in [0.25, 0.3) is 0 Å². The van der Waals surface area contributed by atoms with Crippen molar-refractivity contribution in [1.82, 2.24) is 9.21 Å². The van der Waals surface area contributed by atoms with Crippen LogP contribution in [0.4, 0.5) is 0 Å². The highest BCUT2D eigenvalue weighted by Crippen LogP contribution is 2.28. The van der Waals surface area contributed by atoms with E-state index in [1.807, 2.05) is 44.2 Å². The highest BCUT2D eigenvalue weighted by atomic mass is 35.5. The molecule has 1 saturated heterocycles. The molecule has 0 saturated carbocycles. The molecule has 0 radical (unpaired) electrons. The van der Waals surface area contributed by atoms with Gasteiger partial charge in [-0.05, 0) is 50.5 Å². The van der Waals surface area contributed by atoms with Gasteiger partial charge in [-0.3, -0.25) is 4.79 Å². The van der Waals surface area contributed by atoms with Crippen molar-refractivity contribution in [1.29, 1.82) is 0 Å². The SMILES string of the molecule is CC(C)N(Cc1ccccc1)C(=O)c1ccc(Cl)c(S(=O)(=O)N2CCCCC2)c1. The third kappa shape index (κ3) is 5.00. The number of hydrogen-bond donors (Lipinski definition) is 0. The van der Waals surface area contributed by atoms with Crippen molar-refractivity contribution in [3.8, 4) is 0 Å². The van der Waals surface area contributed by atoms with Gasteiger partial charge in [0.05, 0.1) is 5.02 Å². The van der Waals surface area contributed by atoms with E-state index < -0.39 is 10.0 Å². The third-order valence-corrected chi connectivity index (χ3v) is 7.57. The number of nitrogens with zero attached hydrogens (tertiary/aromatic N) is 2. The number of halogens is 1. The van der Waals surface area contributed by atoms with Crippen LogP contribution in [0, 0.1) is 0 Å². The lowest BCUT2D eigenvalue weighted by molar-refractivity contribution is 0.0690. The number of benzene rings is 2. The van der Waals surface area contributed by atoms with E-state index in [4.69, 9.17) is 11.6 Å². The first-order valence-electron chi connectivity index (χ1n) is 9.95. The Morgan fingerprint density at radius 2 is 1.72 bits per heavy atom. The fourth-order valence-electron chi connectivity index (χ4n) is 3.51. The molecule has 0 aromatic heterocycles. The van der Waals surface area contributed by atoms with Crippen molar-refractivity contribution in [3.05, 3.63) is 64.7 Å². The van der Waals surface area contributed by atoms with Crippen molar-refractivity contribution in [2.45, 2.75) is 50.6 Å². The van der Waals surface area contributed by atoms with Crippen molar-refractivity contribution >= 4 is 27.5 Å². The van der Waals surface area contributed by atoms with Gasteiger partial charge in [-0.25, -0.2) is 8.42 Å². The molecule has 3 rings (SSSR count). The molecule has 1 fully saturated rings. The molecule has 0 aliphatic carbocycles. The van der Waals surface area contributed by atoms with Crippen molar-refractivity contribution in [2.24, 2.45) is 0 Å². The summed E-state index contributed by atoms with van der Waals surface area (Å²) in [5.74, 6) is -0.212. The number of carbonyl (C=O) groups excluding carboxylic acids is 1. The van der Waals surface area contributed by atoms with E-state index in [1.165, 1.54) is 16.4 Å². The molecule has 156 valence electrons. The van der Waals surface area contributed by atoms with Gasteiger partial charge < -0.3 is 4.90 Å². The van der Waals surface area contributed by atoms with Crippen LogP contribution >= 0.6 is 11.6 Å². The monoisotopic (exact) mass is 434 g/mol. The zero-order valence-corrected chi connectivity index (χ0v) is 18.4. The van der Waals surface area contributed by atoms with Crippen LogP contribution in [-0.2, 0) is 16.6 Å².